The van der Waals surface area contributed by atoms with Crippen molar-refractivity contribution in [1.29, 1.82) is 0 Å². The van der Waals surface area contributed by atoms with Gasteiger partial charge in [-0.25, -0.2) is 8.42 Å². The molecule has 2 aromatic heterocycles. The van der Waals surface area contributed by atoms with Crippen LogP contribution in [0.15, 0.2) is 72.8 Å². The number of sulfonamides is 1. The van der Waals surface area contributed by atoms with Crippen molar-refractivity contribution in [2.45, 2.75) is 0 Å². The molecule has 166 valence electrons. The van der Waals surface area contributed by atoms with E-state index in [2.05, 4.69) is 20.2 Å². The minimum Gasteiger partial charge on any atom is -0.497 e. The van der Waals surface area contributed by atoms with Crippen molar-refractivity contribution in [2.24, 2.45) is 0 Å². The monoisotopic (exact) mass is 460 g/mol. The van der Waals surface area contributed by atoms with Crippen molar-refractivity contribution in [1.82, 2.24) is 19.8 Å². The van der Waals surface area contributed by atoms with E-state index >= 15 is 0 Å². The number of aromatic nitrogens is 4. The Balaban J connectivity index is 1.59. The third-order valence-corrected chi connectivity index (χ3v) is 5.67. The highest BCUT2D eigenvalue weighted by molar-refractivity contribution is 7.92. The van der Waals surface area contributed by atoms with Crippen LogP contribution >= 0.6 is 0 Å². The highest BCUT2D eigenvalue weighted by Gasteiger charge is 2.16. The molecule has 0 spiro atoms. The van der Waals surface area contributed by atoms with Gasteiger partial charge in [-0.1, -0.05) is 24.3 Å². The van der Waals surface area contributed by atoms with E-state index in [1.165, 1.54) is 0 Å². The van der Waals surface area contributed by atoms with Gasteiger partial charge in [0.25, 0.3) is 0 Å². The molecule has 0 unspecified atom stereocenters. The molecule has 5 aromatic rings. The number of anilines is 3. The van der Waals surface area contributed by atoms with Gasteiger partial charge in [0.05, 0.1) is 13.4 Å². The summed E-state index contributed by atoms with van der Waals surface area (Å²) >= 11 is 0. The summed E-state index contributed by atoms with van der Waals surface area (Å²) in [5.74, 6) is 1.98. The van der Waals surface area contributed by atoms with Gasteiger partial charge >= 0.3 is 0 Å². The van der Waals surface area contributed by atoms with E-state index in [1.54, 1.807) is 35.9 Å². The number of nitrogens with one attached hydrogen (secondary N) is 2. The fourth-order valence-electron chi connectivity index (χ4n) is 3.57. The molecule has 10 heteroatoms. The van der Waals surface area contributed by atoms with Crippen LogP contribution in [-0.2, 0) is 10.0 Å². The number of ether oxygens (including phenoxy) is 1. The molecule has 2 heterocycles. The molecular formula is C23H20N6O3S. The summed E-state index contributed by atoms with van der Waals surface area (Å²) in [6.45, 7) is 0. The second-order valence-electron chi connectivity index (χ2n) is 7.46. The van der Waals surface area contributed by atoms with Crippen molar-refractivity contribution in [3.8, 4) is 17.1 Å². The van der Waals surface area contributed by atoms with Crippen LogP contribution in [0.2, 0.25) is 0 Å². The van der Waals surface area contributed by atoms with Crippen LogP contribution in [0.5, 0.6) is 5.75 Å². The molecule has 3 aromatic carbocycles. The molecule has 0 bridgehead atoms. The molecule has 0 atom stereocenters. The zero-order valence-electron chi connectivity index (χ0n) is 17.9. The van der Waals surface area contributed by atoms with Crippen LogP contribution in [0.25, 0.3) is 27.8 Å². The molecule has 0 aliphatic heterocycles. The van der Waals surface area contributed by atoms with E-state index in [4.69, 9.17) is 9.84 Å². The molecule has 33 heavy (non-hydrogen) atoms. The lowest BCUT2D eigenvalue weighted by molar-refractivity contribution is 0.415. The molecule has 2 N–H and O–H groups in total. The highest BCUT2D eigenvalue weighted by Crippen LogP contribution is 2.30. The van der Waals surface area contributed by atoms with Crippen molar-refractivity contribution >= 4 is 43.6 Å². The van der Waals surface area contributed by atoms with Crippen LogP contribution < -0.4 is 14.8 Å². The quantitative estimate of drug-likeness (QED) is 0.393. The van der Waals surface area contributed by atoms with Crippen molar-refractivity contribution < 1.29 is 13.2 Å². The topological polar surface area (TPSA) is 111 Å². The maximum absolute atomic E-state index is 11.4. The van der Waals surface area contributed by atoms with Crippen molar-refractivity contribution in [3.05, 3.63) is 72.8 Å². The van der Waals surface area contributed by atoms with Gasteiger partial charge in [0, 0.05) is 27.7 Å². The molecule has 0 radical (unpaired) electrons. The molecule has 0 fully saturated rings. The minimum atomic E-state index is -3.34. The van der Waals surface area contributed by atoms with E-state index in [0.29, 0.717) is 23.0 Å². The molecule has 0 aliphatic rings. The molecule has 5 rings (SSSR count). The standard InChI is InChI=1S/C23H20N6O3S/c1-32-18-13-7-15(8-14-18)22-25-26-23-20-6-4-3-5-19(20)21(27-29(22)23)24-16-9-11-17(12-10-16)28-33(2,30)31/h3-14,28H,1-2H3,(H,24,27). The van der Waals surface area contributed by atoms with Gasteiger partial charge in [-0.3, -0.25) is 4.72 Å². The lowest BCUT2D eigenvalue weighted by Crippen LogP contribution is -2.09. The summed E-state index contributed by atoms with van der Waals surface area (Å²) < 4.78 is 32.3. The van der Waals surface area contributed by atoms with E-state index in [0.717, 1.165) is 34.0 Å². The first-order valence-corrected chi connectivity index (χ1v) is 11.9. The van der Waals surface area contributed by atoms with Gasteiger partial charge in [0.2, 0.25) is 10.0 Å². The number of nitrogens with zero attached hydrogens (tertiary/aromatic N) is 4. The third-order valence-electron chi connectivity index (χ3n) is 5.06. The average Bonchev–Trinajstić information content (AvgIpc) is 3.24. The fraction of sp³-hybridized carbons (Fsp3) is 0.0870. The Labute approximate surface area is 190 Å². The third kappa shape index (κ3) is 4.15. The minimum absolute atomic E-state index is 0.483. The Hall–Kier alpha value is -4.18. The van der Waals surface area contributed by atoms with E-state index in [-0.39, 0.29) is 0 Å². The Bertz CT molecular complexity index is 1560. The van der Waals surface area contributed by atoms with E-state index in [1.807, 2.05) is 48.5 Å². The van der Waals surface area contributed by atoms with Gasteiger partial charge in [-0.05, 0) is 48.5 Å². The fourth-order valence-corrected chi connectivity index (χ4v) is 4.13. The largest absolute Gasteiger partial charge is 0.497 e. The first-order chi connectivity index (χ1) is 15.9. The summed E-state index contributed by atoms with van der Waals surface area (Å²) in [6, 6.07) is 22.3. The number of benzene rings is 3. The SMILES string of the molecule is COc1ccc(-c2nnc3c4ccccc4c(Nc4ccc(NS(C)(=O)=O)cc4)nn23)cc1. The lowest BCUT2D eigenvalue weighted by Gasteiger charge is -2.11. The van der Waals surface area contributed by atoms with Gasteiger partial charge in [-0.15, -0.1) is 15.3 Å². The normalized spacial score (nSPS) is 11.6. The first-order valence-electron chi connectivity index (χ1n) is 10.0. The summed E-state index contributed by atoms with van der Waals surface area (Å²) in [6.07, 6.45) is 1.12. The molecule has 0 amide bonds. The number of rotatable bonds is 6. The zero-order chi connectivity index (χ0) is 23.0. The predicted octanol–water partition coefficient (Wildman–Crippen LogP) is 4.07. The number of hydrogen-bond donors (Lipinski definition) is 2. The Morgan fingerprint density at radius 1 is 0.848 bits per heavy atom. The maximum Gasteiger partial charge on any atom is 0.229 e. The Morgan fingerprint density at radius 3 is 2.18 bits per heavy atom. The van der Waals surface area contributed by atoms with Gasteiger partial charge in [0.15, 0.2) is 17.3 Å². The molecule has 0 saturated heterocycles. The number of hydrogen-bond acceptors (Lipinski definition) is 7. The summed E-state index contributed by atoms with van der Waals surface area (Å²) in [4.78, 5) is 0. The van der Waals surface area contributed by atoms with Crippen LogP contribution in [0.3, 0.4) is 0 Å². The summed E-state index contributed by atoms with van der Waals surface area (Å²) in [5, 5.41) is 18.7. The number of methoxy groups -OCH3 is 1. The molecule has 0 saturated carbocycles. The van der Waals surface area contributed by atoms with Gasteiger partial charge < -0.3 is 10.1 Å². The average molecular weight is 461 g/mol. The van der Waals surface area contributed by atoms with Crippen LogP contribution in [0.1, 0.15) is 0 Å². The van der Waals surface area contributed by atoms with Crippen LogP contribution in [0, 0.1) is 0 Å². The second-order valence-corrected chi connectivity index (χ2v) is 9.21. The zero-order valence-corrected chi connectivity index (χ0v) is 18.7. The second kappa shape index (κ2) is 8.06. The first kappa shape index (κ1) is 20.7. The van der Waals surface area contributed by atoms with E-state index in [9.17, 15) is 8.42 Å². The molecular weight excluding hydrogens is 440 g/mol. The van der Waals surface area contributed by atoms with Gasteiger partial charge in [-0.2, -0.15) is 4.52 Å². The number of fused-ring (bicyclic) bond motifs is 3. The lowest BCUT2D eigenvalue weighted by atomic mass is 10.1. The molecule has 0 aliphatic carbocycles. The Morgan fingerprint density at radius 2 is 1.52 bits per heavy atom. The van der Waals surface area contributed by atoms with Gasteiger partial charge in [0.1, 0.15) is 5.75 Å². The predicted molar refractivity (Wildman–Crippen MR) is 128 cm³/mol. The van der Waals surface area contributed by atoms with Crippen LogP contribution in [0.4, 0.5) is 17.2 Å². The van der Waals surface area contributed by atoms with E-state index < -0.39 is 10.0 Å². The highest BCUT2D eigenvalue weighted by atomic mass is 32.2. The maximum atomic E-state index is 11.4. The molecule has 9 nitrogen and oxygen atoms in total. The summed E-state index contributed by atoms with van der Waals surface area (Å²) in [7, 11) is -1.72. The summed E-state index contributed by atoms with van der Waals surface area (Å²) in [5.41, 5.74) is 2.74. The Kier molecular flexibility index (Phi) is 5.06. The van der Waals surface area contributed by atoms with Crippen molar-refractivity contribution in [2.75, 3.05) is 23.4 Å². The van der Waals surface area contributed by atoms with Crippen LogP contribution in [-0.4, -0.2) is 41.6 Å². The van der Waals surface area contributed by atoms with Crippen molar-refractivity contribution in [3.63, 3.8) is 0 Å². The smallest absolute Gasteiger partial charge is 0.229 e.